The summed E-state index contributed by atoms with van der Waals surface area (Å²) in [7, 11) is 1.97. The zero-order chi connectivity index (χ0) is 17.1. The quantitative estimate of drug-likeness (QED) is 0.798. The molecule has 6 nitrogen and oxygen atoms in total. The van der Waals surface area contributed by atoms with Crippen molar-refractivity contribution in [3.63, 3.8) is 0 Å². The van der Waals surface area contributed by atoms with Crippen LogP contribution in [0.25, 0.3) is 0 Å². The molecule has 1 saturated carbocycles. The zero-order valence-corrected chi connectivity index (χ0v) is 14.7. The topological polar surface area (TPSA) is 61.2 Å². The second-order valence-electron chi connectivity index (χ2n) is 7.11. The lowest BCUT2D eigenvalue weighted by molar-refractivity contribution is 0.0838. The van der Waals surface area contributed by atoms with Crippen LogP contribution in [0.1, 0.15) is 36.6 Å². The lowest BCUT2D eigenvalue weighted by atomic mass is 9.99. The molecule has 1 N–H and O–H groups in total. The largest absolute Gasteiger partial charge is 0.477 e. The van der Waals surface area contributed by atoms with Gasteiger partial charge < -0.3 is 14.8 Å². The molecule has 1 saturated heterocycles. The van der Waals surface area contributed by atoms with E-state index in [-0.39, 0.29) is 6.10 Å². The van der Waals surface area contributed by atoms with E-state index in [0.29, 0.717) is 5.92 Å². The molecule has 0 aromatic carbocycles. The van der Waals surface area contributed by atoms with Crippen molar-refractivity contribution in [3.05, 3.63) is 41.9 Å². The highest BCUT2D eigenvalue weighted by Crippen LogP contribution is 2.33. The van der Waals surface area contributed by atoms with Gasteiger partial charge >= 0.3 is 0 Å². The molecular weight excluding hydrogens is 316 g/mol. The highest BCUT2D eigenvalue weighted by Gasteiger charge is 2.31. The van der Waals surface area contributed by atoms with E-state index in [1.165, 1.54) is 18.4 Å². The third-order valence-electron chi connectivity index (χ3n) is 5.06. The number of aromatic nitrogens is 3. The van der Waals surface area contributed by atoms with E-state index >= 15 is 0 Å². The summed E-state index contributed by atoms with van der Waals surface area (Å²) < 4.78 is 13.5. The van der Waals surface area contributed by atoms with Gasteiger partial charge in [-0.3, -0.25) is 4.68 Å². The number of nitrogens with zero attached hydrogens (tertiary/aromatic N) is 3. The molecule has 134 valence electrons. The maximum absolute atomic E-state index is 5.93. The minimum Gasteiger partial charge on any atom is -0.477 e. The van der Waals surface area contributed by atoms with Gasteiger partial charge in [0.1, 0.15) is 6.10 Å². The van der Waals surface area contributed by atoms with Crippen molar-refractivity contribution in [2.75, 3.05) is 19.8 Å². The Morgan fingerprint density at radius 1 is 1.28 bits per heavy atom. The van der Waals surface area contributed by atoms with E-state index in [0.717, 1.165) is 50.2 Å². The van der Waals surface area contributed by atoms with Crippen molar-refractivity contribution in [2.45, 2.75) is 31.9 Å². The van der Waals surface area contributed by atoms with Crippen LogP contribution in [0.15, 0.2) is 30.6 Å². The van der Waals surface area contributed by atoms with Crippen LogP contribution in [0.5, 0.6) is 5.88 Å². The first kappa shape index (κ1) is 16.5. The Kier molecular flexibility index (Phi) is 4.99. The fourth-order valence-electron chi connectivity index (χ4n) is 3.32. The van der Waals surface area contributed by atoms with E-state index < -0.39 is 0 Å². The second kappa shape index (κ2) is 7.54. The van der Waals surface area contributed by atoms with E-state index in [1.807, 2.05) is 36.3 Å². The van der Waals surface area contributed by atoms with Gasteiger partial charge in [0.25, 0.3) is 0 Å². The Balaban J connectivity index is 1.25. The van der Waals surface area contributed by atoms with Crippen LogP contribution in [-0.4, -0.2) is 34.5 Å². The van der Waals surface area contributed by atoms with E-state index in [1.54, 1.807) is 0 Å². The number of aryl methyl sites for hydroxylation is 1. The van der Waals surface area contributed by atoms with Crippen molar-refractivity contribution in [1.82, 2.24) is 20.1 Å². The maximum atomic E-state index is 5.93. The molecule has 25 heavy (non-hydrogen) atoms. The number of pyridine rings is 1. The normalized spacial score (nSPS) is 23.1. The maximum Gasteiger partial charge on any atom is 0.213 e. The molecule has 0 radical (unpaired) electrons. The molecule has 2 aliphatic rings. The van der Waals surface area contributed by atoms with Crippen molar-refractivity contribution in [3.8, 4) is 5.88 Å². The number of hydrogen-bond acceptors (Lipinski definition) is 5. The molecule has 0 amide bonds. The summed E-state index contributed by atoms with van der Waals surface area (Å²) in [5.41, 5.74) is 2.33. The summed E-state index contributed by atoms with van der Waals surface area (Å²) >= 11 is 0. The molecular formula is C19H26N4O2. The van der Waals surface area contributed by atoms with Crippen molar-refractivity contribution in [2.24, 2.45) is 18.9 Å². The van der Waals surface area contributed by atoms with Crippen LogP contribution in [0.4, 0.5) is 0 Å². The zero-order valence-electron chi connectivity index (χ0n) is 14.7. The Morgan fingerprint density at radius 2 is 2.20 bits per heavy atom. The van der Waals surface area contributed by atoms with Gasteiger partial charge in [0.05, 0.1) is 12.3 Å². The predicted octanol–water partition coefficient (Wildman–Crippen LogP) is 2.47. The van der Waals surface area contributed by atoms with Crippen LogP contribution in [0.3, 0.4) is 0 Å². The van der Waals surface area contributed by atoms with Crippen molar-refractivity contribution < 1.29 is 9.47 Å². The molecule has 2 aromatic heterocycles. The fraction of sp³-hybridized carbons (Fsp3) is 0.579. The van der Waals surface area contributed by atoms with Gasteiger partial charge in [-0.15, -0.1) is 0 Å². The summed E-state index contributed by atoms with van der Waals surface area (Å²) in [6.45, 7) is 3.36. The van der Waals surface area contributed by atoms with Gasteiger partial charge in [0.2, 0.25) is 5.88 Å². The van der Waals surface area contributed by atoms with Gasteiger partial charge in [-0.1, -0.05) is 6.07 Å². The molecule has 0 bridgehead atoms. The summed E-state index contributed by atoms with van der Waals surface area (Å²) in [5.74, 6) is 1.96. The van der Waals surface area contributed by atoms with E-state index in [4.69, 9.17) is 9.47 Å². The molecule has 0 spiro atoms. The van der Waals surface area contributed by atoms with Crippen molar-refractivity contribution >= 4 is 0 Å². The van der Waals surface area contributed by atoms with E-state index in [2.05, 4.69) is 21.5 Å². The molecule has 6 heteroatoms. The summed E-state index contributed by atoms with van der Waals surface area (Å²) in [4.78, 5) is 4.40. The molecule has 2 aromatic rings. The smallest absolute Gasteiger partial charge is 0.213 e. The number of rotatable bonds is 8. The first-order chi connectivity index (χ1) is 12.3. The Morgan fingerprint density at radius 3 is 2.92 bits per heavy atom. The van der Waals surface area contributed by atoms with E-state index in [9.17, 15) is 0 Å². The van der Waals surface area contributed by atoms with Crippen LogP contribution >= 0.6 is 0 Å². The monoisotopic (exact) mass is 342 g/mol. The first-order valence-electron chi connectivity index (χ1n) is 9.17. The Bertz CT molecular complexity index is 681. The molecule has 3 heterocycles. The summed E-state index contributed by atoms with van der Waals surface area (Å²) in [6, 6.07) is 6.11. The average Bonchev–Trinajstić information content (AvgIpc) is 3.19. The molecule has 1 aliphatic carbocycles. The predicted molar refractivity (Wildman–Crippen MR) is 94.2 cm³/mol. The van der Waals surface area contributed by atoms with Gasteiger partial charge in [-0.2, -0.15) is 5.10 Å². The third-order valence-corrected chi connectivity index (χ3v) is 5.06. The molecule has 1 aliphatic heterocycles. The number of nitrogens with one attached hydrogen (secondary N) is 1. The van der Waals surface area contributed by atoms with Crippen molar-refractivity contribution in [1.29, 1.82) is 0 Å². The summed E-state index contributed by atoms with van der Waals surface area (Å²) in [6.07, 6.45) is 7.55. The van der Waals surface area contributed by atoms with Gasteiger partial charge in [-0.25, -0.2) is 4.98 Å². The molecule has 2 fully saturated rings. The van der Waals surface area contributed by atoms with Gasteiger partial charge in [-0.05, 0) is 36.8 Å². The number of hydrogen-bond donors (Lipinski definition) is 1. The molecule has 4 rings (SSSR count). The SMILES string of the molecule is Cn1nccc1[C@@H]1OCC[C@H]1CNCc1ccc(OCC2CC2)nc1. The van der Waals surface area contributed by atoms with Crippen LogP contribution in [-0.2, 0) is 18.3 Å². The lowest BCUT2D eigenvalue weighted by Gasteiger charge is -2.19. The Hall–Kier alpha value is -1.92. The number of ether oxygens (including phenoxy) is 2. The standard InChI is InChI=1S/C19H26N4O2/c1-23-17(6-8-22-23)19-16(7-9-24-19)12-20-10-15-4-5-18(21-11-15)25-13-14-2-3-14/h4-6,8,11,14,16,19-20H,2-3,7,9-10,12-13H2,1H3/t16-,19+/m0/s1. The Labute approximate surface area is 148 Å². The second-order valence-corrected chi connectivity index (χ2v) is 7.11. The highest BCUT2D eigenvalue weighted by molar-refractivity contribution is 5.18. The minimum atomic E-state index is 0.135. The fourth-order valence-corrected chi connectivity index (χ4v) is 3.32. The van der Waals surface area contributed by atoms with Crippen LogP contribution in [0, 0.1) is 11.8 Å². The average molecular weight is 342 g/mol. The van der Waals surface area contributed by atoms with Crippen LogP contribution in [0.2, 0.25) is 0 Å². The highest BCUT2D eigenvalue weighted by atomic mass is 16.5. The molecule has 0 unspecified atom stereocenters. The first-order valence-corrected chi connectivity index (χ1v) is 9.17. The lowest BCUT2D eigenvalue weighted by Crippen LogP contribution is -2.25. The third kappa shape index (κ3) is 4.19. The van der Waals surface area contributed by atoms with Crippen LogP contribution < -0.4 is 10.1 Å². The van der Waals surface area contributed by atoms with Gasteiger partial charge in [0, 0.05) is 51.1 Å². The van der Waals surface area contributed by atoms with Gasteiger partial charge in [0.15, 0.2) is 0 Å². The minimum absolute atomic E-state index is 0.135. The summed E-state index contributed by atoms with van der Waals surface area (Å²) in [5, 5.41) is 7.80. The molecule has 2 atom stereocenters.